The van der Waals surface area contributed by atoms with Crippen molar-refractivity contribution in [2.24, 2.45) is 0 Å². The first kappa shape index (κ1) is 20.9. The van der Waals surface area contributed by atoms with Crippen LogP contribution < -0.4 is 4.90 Å². The van der Waals surface area contributed by atoms with Gasteiger partial charge in [-0.25, -0.2) is 4.68 Å². The predicted molar refractivity (Wildman–Crippen MR) is 112 cm³/mol. The topological polar surface area (TPSA) is 37.2 Å². The highest BCUT2D eigenvalue weighted by Gasteiger charge is 2.31. The molecule has 0 unspecified atom stereocenters. The van der Waals surface area contributed by atoms with Gasteiger partial charge in [0.05, 0.1) is 11.1 Å². The third kappa shape index (κ3) is 4.87. The fourth-order valence-corrected chi connectivity index (χ4v) is 3.98. The second-order valence-electron chi connectivity index (χ2n) is 7.53. The van der Waals surface area contributed by atoms with Gasteiger partial charge in [-0.1, -0.05) is 22.9 Å². The SMILES string of the molecule is FC(F)(F)c1cccc(N2CCN(CCCCn3nnc4ccc(Cl)cc43)CC2)c1. The van der Waals surface area contributed by atoms with Crippen LogP contribution in [0, 0.1) is 0 Å². The van der Waals surface area contributed by atoms with Gasteiger partial charge in [-0.15, -0.1) is 5.10 Å². The van der Waals surface area contributed by atoms with Crippen LogP contribution in [0.15, 0.2) is 42.5 Å². The number of fused-ring (bicyclic) bond motifs is 1. The van der Waals surface area contributed by atoms with Gasteiger partial charge in [-0.3, -0.25) is 4.90 Å². The van der Waals surface area contributed by atoms with Crippen LogP contribution in [0.5, 0.6) is 0 Å². The van der Waals surface area contributed by atoms with E-state index in [0.717, 1.165) is 69.2 Å². The molecule has 0 N–H and O–H groups in total. The molecule has 5 nitrogen and oxygen atoms in total. The standard InChI is InChI=1S/C21H23ClF3N5/c22-17-6-7-19-20(15-17)30(27-26-19)9-2-1-8-28-10-12-29(13-11-28)18-5-3-4-16(14-18)21(23,24)25/h3-7,14-15H,1-2,8-13H2. The van der Waals surface area contributed by atoms with Crippen molar-refractivity contribution >= 4 is 28.3 Å². The molecule has 30 heavy (non-hydrogen) atoms. The second kappa shape index (κ2) is 8.81. The highest BCUT2D eigenvalue weighted by atomic mass is 35.5. The number of unbranched alkanes of at least 4 members (excludes halogenated alkanes) is 1. The molecule has 1 aromatic heterocycles. The smallest absolute Gasteiger partial charge is 0.369 e. The van der Waals surface area contributed by atoms with Crippen molar-refractivity contribution < 1.29 is 13.2 Å². The third-order valence-electron chi connectivity index (χ3n) is 5.48. The molecule has 2 heterocycles. The van der Waals surface area contributed by atoms with Gasteiger partial charge >= 0.3 is 6.18 Å². The van der Waals surface area contributed by atoms with E-state index in [4.69, 9.17) is 11.6 Å². The van der Waals surface area contributed by atoms with E-state index in [9.17, 15) is 13.2 Å². The lowest BCUT2D eigenvalue weighted by Crippen LogP contribution is -2.46. The second-order valence-corrected chi connectivity index (χ2v) is 7.97. The average Bonchev–Trinajstić information content (AvgIpc) is 3.13. The summed E-state index contributed by atoms with van der Waals surface area (Å²) >= 11 is 6.06. The van der Waals surface area contributed by atoms with Crippen LogP contribution in [-0.2, 0) is 12.7 Å². The molecule has 1 aliphatic rings. The highest BCUT2D eigenvalue weighted by molar-refractivity contribution is 6.31. The maximum atomic E-state index is 12.9. The van der Waals surface area contributed by atoms with E-state index in [-0.39, 0.29) is 0 Å². The lowest BCUT2D eigenvalue weighted by atomic mass is 10.1. The molecule has 1 fully saturated rings. The van der Waals surface area contributed by atoms with Crippen LogP contribution in [-0.4, -0.2) is 52.6 Å². The van der Waals surface area contributed by atoms with Crippen molar-refractivity contribution in [2.45, 2.75) is 25.6 Å². The normalized spacial score (nSPS) is 15.8. The van der Waals surface area contributed by atoms with Crippen molar-refractivity contribution in [1.29, 1.82) is 0 Å². The molecule has 4 rings (SSSR count). The number of nitrogens with zero attached hydrogens (tertiary/aromatic N) is 5. The first-order valence-electron chi connectivity index (χ1n) is 10.0. The number of alkyl halides is 3. The summed E-state index contributed by atoms with van der Waals surface area (Å²) in [7, 11) is 0. The summed E-state index contributed by atoms with van der Waals surface area (Å²) in [6.45, 7) is 4.89. The van der Waals surface area contributed by atoms with Crippen LogP contribution in [0.2, 0.25) is 5.02 Å². The molecule has 0 aliphatic carbocycles. The molecular formula is C21H23ClF3N5. The van der Waals surface area contributed by atoms with Crippen molar-refractivity contribution in [3.8, 4) is 0 Å². The molecule has 2 aromatic carbocycles. The third-order valence-corrected chi connectivity index (χ3v) is 5.72. The number of halogens is 4. The molecule has 1 saturated heterocycles. The monoisotopic (exact) mass is 437 g/mol. The zero-order valence-corrected chi connectivity index (χ0v) is 17.2. The van der Waals surface area contributed by atoms with Gasteiger partial charge in [0.15, 0.2) is 0 Å². The van der Waals surface area contributed by atoms with E-state index in [2.05, 4.69) is 15.2 Å². The average molecular weight is 438 g/mol. The number of piperazine rings is 1. The van der Waals surface area contributed by atoms with Gasteiger partial charge in [-0.05, 0) is 55.8 Å². The first-order chi connectivity index (χ1) is 14.4. The van der Waals surface area contributed by atoms with Crippen molar-refractivity contribution in [3.05, 3.63) is 53.1 Å². The van der Waals surface area contributed by atoms with Crippen molar-refractivity contribution in [2.75, 3.05) is 37.6 Å². The van der Waals surface area contributed by atoms with Crippen LogP contribution in [0.25, 0.3) is 11.0 Å². The quantitative estimate of drug-likeness (QED) is 0.523. The molecule has 160 valence electrons. The number of hydrogen-bond donors (Lipinski definition) is 0. The number of anilines is 1. The van der Waals surface area contributed by atoms with Gasteiger partial charge < -0.3 is 4.90 Å². The van der Waals surface area contributed by atoms with E-state index in [0.29, 0.717) is 10.7 Å². The minimum absolute atomic E-state index is 0.593. The molecule has 1 aliphatic heterocycles. The van der Waals surface area contributed by atoms with Crippen molar-refractivity contribution in [3.63, 3.8) is 0 Å². The maximum Gasteiger partial charge on any atom is 0.416 e. The van der Waals surface area contributed by atoms with Crippen LogP contribution in [0.1, 0.15) is 18.4 Å². The van der Waals surface area contributed by atoms with E-state index in [1.54, 1.807) is 6.07 Å². The van der Waals surface area contributed by atoms with Crippen LogP contribution in [0.4, 0.5) is 18.9 Å². The summed E-state index contributed by atoms with van der Waals surface area (Å²) in [4.78, 5) is 4.39. The Kier molecular flexibility index (Phi) is 6.15. The fraction of sp³-hybridized carbons (Fsp3) is 0.429. The zero-order valence-electron chi connectivity index (χ0n) is 16.4. The molecule has 0 bridgehead atoms. The Labute approximate surface area is 178 Å². The molecule has 0 saturated carbocycles. The number of aromatic nitrogens is 3. The lowest BCUT2D eigenvalue weighted by molar-refractivity contribution is -0.137. The van der Waals surface area contributed by atoms with Gasteiger partial charge in [0.25, 0.3) is 0 Å². The van der Waals surface area contributed by atoms with Crippen molar-refractivity contribution in [1.82, 2.24) is 19.9 Å². The van der Waals surface area contributed by atoms with Gasteiger partial charge in [0.2, 0.25) is 0 Å². The number of aryl methyl sites for hydroxylation is 1. The van der Waals surface area contributed by atoms with Gasteiger partial charge in [-0.2, -0.15) is 13.2 Å². The van der Waals surface area contributed by atoms with E-state index in [1.165, 1.54) is 12.1 Å². The molecular weight excluding hydrogens is 415 g/mol. The Bertz CT molecular complexity index is 996. The molecule has 0 atom stereocenters. The Balaban J connectivity index is 1.23. The Morgan fingerprint density at radius 1 is 0.933 bits per heavy atom. The molecule has 0 radical (unpaired) electrons. The zero-order chi connectivity index (χ0) is 21.1. The number of benzene rings is 2. The first-order valence-corrected chi connectivity index (χ1v) is 10.4. The summed E-state index contributed by atoms with van der Waals surface area (Å²) in [5.74, 6) is 0. The summed E-state index contributed by atoms with van der Waals surface area (Å²) in [5.41, 5.74) is 1.83. The maximum absolute atomic E-state index is 12.9. The van der Waals surface area contributed by atoms with E-state index < -0.39 is 11.7 Å². The largest absolute Gasteiger partial charge is 0.416 e. The summed E-state index contributed by atoms with van der Waals surface area (Å²) in [6.07, 6.45) is -2.32. The lowest BCUT2D eigenvalue weighted by Gasteiger charge is -2.36. The van der Waals surface area contributed by atoms with E-state index in [1.807, 2.05) is 27.8 Å². The van der Waals surface area contributed by atoms with Gasteiger partial charge in [0.1, 0.15) is 5.52 Å². The minimum Gasteiger partial charge on any atom is -0.369 e. The van der Waals surface area contributed by atoms with Crippen LogP contribution in [0.3, 0.4) is 0 Å². The highest BCUT2D eigenvalue weighted by Crippen LogP contribution is 2.31. The molecule has 9 heteroatoms. The summed E-state index contributed by atoms with van der Waals surface area (Å²) in [6, 6.07) is 11.1. The Morgan fingerprint density at radius 3 is 2.47 bits per heavy atom. The molecule has 0 amide bonds. The summed E-state index contributed by atoms with van der Waals surface area (Å²) in [5, 5.41) is 9.02. The Hall–Kier alpha value is -2.32. The fourth-order valence-electron chi connectivity index (χ4n) is 3.81. The number of hydrogen-bond acceptors (Lipinski definition) is 4. The molecule has 0 spiro atoms. The molecule has 3 aromatic rings. The Morgan fingerprint density at radius 2 is 1.70 bits per heavy atom. The van der Waals surface area contributed by atoms with Crippen LogP contribution >= 0.6 is 11.6 Å². The van der Waals surface area contributed by atoms with Gasteiger partial charge in [0, 0.05) is 43.4 Å². The minimum atomic E-state index is -4.31. The van der Waals surface area contributed by atoms with E-state index >= 15 is 0 Å². The number of rotatable bonds is 6. The predicted octanol–water partition coefficient (Wildman–Crippen LogP) is 4.71. The summed E-state index contributed by atoms with van der Waals surface area (Å²) < 4.78 is 40.7.